The lowest BCUT2D eigenvalue weighted by atomic mass is 9.94. The molecule has 1 aliphatic carbocycles. The largest absolute Gasteiger partial charge is 0.445 e. The van der Waals surface area contributed by atoms with Gasteiger partial charge in [-0.25, -0.2) is 4.79 Å². The third-order valence-corrected chi connectivity index (χ3v) is 5.75. The highest BCUT2D eigenvalue weighted by molar-refractivity contribution is 6.30. The number of amides is 1. The smallest absolute Gasteiger partial charge is 0.415 e. The van der Waals surface area contributed by atoms with Gasteiger partial charge in [-0.05, 0) is 49.0 Å². The highest BCUT2D eigenvalue weighted by Crippen LogP contribution is 2.32. The Balaban J connectivity index is 1.45. The van der Waals surface area contributed by atoms with Crippen LogP contribution in [-0.2, 0) is 11.3 Å². The number of hydrogen-bond acceptors (Lipinski definition) is 6. The average molecular weight is 435 g/mol. The van der Waals surface area contributed by atoms with E-state index in [1.807, 2.05) is 12.1 Å². The van der Waals surface area contributed by atoms with E-state index in [1.54, 1.807) is 28.5 Å². The number of rotatable bonds is 5. The molecule has 0 unspecified atom stereocenters. The Bertz CT molecular complexity index is 916. The Kier molecular flexibility index (Phi) is 5.55. The molecule has 1 fully saturated rings. The van der Waals surface area contributed by atoms with Gasteiger partial charge in [-0.15, -0.1) is 0 Å². The van der Waals surface area contributed by atoms with E-state index in [9.17, 15) is 14.9 Å². The lowest BCUT2D eigenvalue weighted by Gasteiger charge is -2.34. The van der Waals surface area contributed by atoms with Gasteiger partial charge in [0.05, 0.1) is 6.54 Å². The molecule has 9 nitrogen and oxygen atoms in total. The molecule has 0 bridgehead atoms. The van der Waals surface area contributed by atoms with Crippen molar-refractivity contribution in [2.24, 2.45) is 0 Å². The third kappa shape index (κ3) is 4.21. The maximum Gasteiger partial charge on any atom is 0.415 e. The topological polar surface area (TPSA) is 99.7 Å². The second-order valence-electron chi connectivity index (χ2n) is 8.01. The molecule has 2 aliphatic rings. The molecule has 0 N–H and O–H groups in total. The number of nitro groups is 1. The van der Waals surface area contributed by atoms with E-state index in [0.29, 0.717) is 11.6 Å². The van der Waals surface area contributed by atoms with Gasteiger partial charge in [-0.1, -0.05) is 30.9 Å². The number of halogens is 1. The maximum atomic E-state index is 13.1. The van der Waals surface area contributed by atoms with Crippen molar-refractivity contribution in [3.05, 3.63) is 45.6 Å². The van der Waals surface area contributed by atoms with Gasteiger partial charge >= 0.3 is 17.9 Å². The number of benzene rings is 1. The van der Waals surface area contributed by atoms with Gasteiger partial charge in [-0.3, -0.25) is 9.47 Å². The summed E-state index contributed by atoms with van der Waals surface area (Å²) in [7, 11) is 0. The molecular formula is C20H23ClN4O5. The van der Waals surface area contributed by atoms with E-state index in [0.717, 1.165) is 31.4 Å². The minimum atomic E-state index is -0.842. The van der Waals surface area contributed by atoms with E-state index < -0.39 is 16.6 Å². The van der Waals surface area contributed by atoms with Gasteiger partial charge in [0, 0.05) is 21.7 Å². The lowest BCUT2D eigenvalue weighted by molar-refractivity contribution is -0.389. The van der Waals surface area contributed by atoms with E-state index in [1.165, 1.54) is 12.6 Å². The summed E-state index contributed by atoms with van der Waals surface area (Å²) in [6.07, 6.45) is 6.04. The Morgan fingerprint density at radius 1 is 1.37 bits per heavy atom. The van der Waals surface area contributed by atoms with Crippen LogP contribution >= 0.6 is 11.6 Å². The van der Waals surface area contributed by atoms with Crippen LogP contribution < -0.4 is 9.64 Å². The number of imidazole rings is 1. The number of carbonyl (C=O) groups is 1. The molecule has 0 radical (unpaired) electrons. The van der Waals surface area contributed by atoms with Crippen molar-refractivity contribution in [1.82, 2.24) is 9.55 Å². The van der Waals surface area contributed by atoms with Crippen LogP contribution in [0.15, 0.2) is 30.5 Å². The molecule has 1 amide bonds. The van der Waals surface area contributed by atoms with Gasteiger partial charge in [0.15, 0.2) is 5.60 Å². The molecule has 1 atom stereocenters. The molecule has 1 aliphatic heterocycles. The van der Waals surface area contributed by atoms with Gasteiger partial charge in [0.1, 0.15) is 12.8 Å². The van der Waals surface area contributed by atoms with Crippen molar-refractivity contribution in [3.8, 4) is 6.01 Å². The van der Waals surface area contributed by atoms with Crippen LogP contribution in [0.2, 0.25) is 5.02 Å². The Morgan fingerprint density at radius 2 is 2.07 bits per heavy atom. The second-order valence-corrected chi connectivity index (χ2v) is 8.45. The first kappa shape index (κ1) is 20.5. The Hall–Kier alpha value is -2.81. The number of nitrogens with zero attached hydrogens (tertiary/aromatic N) is 4. The van der Waals surface area contributed by atoms with Crippen molar-refractivity contribution < 1.29 is 19.2 Å². The summed E-state index contributed by atoms with van der Waals surface area (Å²) in [5, 5.41) is 11.5. The van der Waals surface area contributed by atoms with Gasteiger partial charge in [-0.2, -0.15) is 0 Å². The number of hydrogen-bond donors (Lipinski definition) is 0. The summed E-state index contributed by atoms with van der Waals surface area (Å²) in [4.78, 5) is 28.9. The first-order valence-corrected chi connectivity index (χ1v) is 10.3. The Labute approximate surface area is 178 Å². The molecule has 0 spiro atoms. The predicted octanol–water partition coefficient (Wildman–Crippen LogP) is 4.57. The number of carbonyl (C=O) groups excluding carboxylic acids is 1. The van der Waals surface area contributed by atoms with Crippen molar-refractivity contribution in [2.45, 2.75) is 57.2 Å². The zero-order valence-corrected chi connectivity index (χ0v) is 17.4. The van der Waals surface area contributed by atoms with Crippen LogP contribution in [0.5, 0.6) is 6.01 Å². The van der Waals surface area contributed by atoms with Crippen molar-refractivity contribution in [3.63, 3.8) is 0 Å². The quantitative estimate of drug-likeness (QED) is 0.504. The highest BCUT2D eigenvalue weighted by atomic mass is 35.5. The SMILES string of the molecule is C[C@@]1(COC(=O)N(c2ccc(Cl)cc2)C2CCCCC2)Cn2cc([N+](=O)[O-])nc2O1. The molecule has 10 heteroatoms. The first-order valence-electron chi connectivity index (χ1n) is 9.97. The van der Waals surface area contributed by atoms with Crippen LogP contribution in [-0.4, -0.2) is 38.8 Å². The van der Waals surface area contributed by atoms with Gasteiger partial charge in [0.25, 0.3) is 0 Å². The Morgan fingerprint density at radius 3 is 2.70 bits per heavy atom. The van der Waals surface area contributed by atoms with Gasteiger partial charge < -0.3 is 19.6 Å². The zero-order chi connectivity index (χ0) is 21.3. The van der Waals surface area contributed by atoms with Crippen LogP contribution in [0.3, 0.4) is 0 Å². The zero-order valence-electron chi connectivity index (χ0n) is 16.6. The third-order valence-electron chi connectivity index (χ3n) is 5.50. The summed E-state index contributed by atoms with van der Waals surface area (Å²) in [6.45, 7) is 2.09. The summed E-state index contributed by atoms with van der Waals surface area (Å²) in [6, 6.07) is 7.38. The fourth-order valence-electron chi connectivity index (χ4n) is 4.05. The van der Waals surface area contributed by atoms with Crippen LogP contribution in [0, 0.1) is 10.1 Å². The van der Waals surface area contributed by atoms with Crippen LogP contribution in [0.1, 0.15) is 39.0 Å². The number of anilines is 1. The summed E-state index contributed by atoms with van der Waals surface area (Å²) in [5.41, 5.74) is -0.0944. The molecule has 160 valence electrons. The van der Waals surface area contributed by atoms with Crippen molar-refractivity contribution in [1.29, 1.82) is 0 Å². The second kappa shape index (κ2) is 8.14. The minimum absolute atomic E-state index is 0.000198. The summed E-state index contributed by atoms with van der Waals surface area (Å²) < 4.78 is 13.0. The highest BCUT2D eigenvalue weighted by Gasteiger charge is 2.42. The van der Waals surface area contributed by atoms with Crippen molar-refractivity contribution >= 4 is 29.2 Å². The average Bonchev–Trinajstić information content (AvgIpc) is 3.25. The normalized spacial score (nSPS) is 21.0. The van der Waals surface area contributed by atoms with Gasteiger partial charge in [0.2, 0.25) is 0 Å². The maximum absolute atomic E-state index is 13.1. The summed E-state index contributed by atoms with van der Waals surface area (Å²) >= 11 is 6.01. The molecular weight excluding hydrogens is 412 g/mol. The number of aromatic nitrogens is 2. The van der Waals surface area contributed by atoms with E-state index in [2.05, 4.69) is 4.98 Å². The van der Waals surface area contributed by atoms with Crippen molar-refractivity contribution in [2.75, 3.05) is 11.5 Å². The number of ether oxygens (including phenoxy) is 2. The molecule has 1 saturated carbocycles. The standard InChI is InChI=1S/C20H23ClN4O5/c1-20(12-23-11-17(25(27)28)22-18(23)30-20)13-29-19(26)24(15-5-3-2-4-6-15)16-9-7-14(21)8-10-16/h7-11,15H,2-6,12-13H2,1H3/t20-/m0/s1. The van der Waals surface area contributed by atoms with E-state index in [-0.39, 0.29) is 24.5 Å². The van der Waals surface area contributed by atoms with Crippen LogP contribution in [0.4, 0.5) is 16.3 Å². The van der Waals surface area contributed by atoms with E-state index in [4.69, 9.17) is 21.1 Å². The molecule has 2 aromatic rings. The molecule has 1 aromatic heterocycles. The summed E-state index contributed by atoms with van der Waals surface area (Å²) in [5.74, 6) is -0.268. The monoisotopic (exact) mass is 434 g/mol. The van der Waals surface area contributed by atoms with Crippen LogP contribution in [0.25, 0.3) is 0 Å². The molecule has 4 rings (SSSR count). The number of fused-ring (bicyclic) bond motifs is 1. The molecule has 30 heavy (non-hydrogen) atoms. The molecule has 2 heterocycles. The predicted molar refractivity (Wildman–Crippen MR) is 110 cm³/mol. The first-order chi connectivity index (χ1) is 14.3. The fourth-order valence-corrected chi connectivity index (χ4v) is 4.17. The molecule has 0 saturated heterocycles. The minimum Gasteiger partial charge on any atom is -0.445 e. The van der Waals surface area contributed by atoms with E-state index >= 15 is 0 Å². The molecule has 1 aromatic carbocycles. The fraction of sp³-hybridized carbons (Fsp3) is 0.500. The lowest BCUT2D eigenvalue weighted by Crippen LogP contribution is -2.45.